The van der Waals surface area contributed by atoms with Gasteiger partial charge in [0.05, 0.1) is 12.2 Å². The highest BCUT2D eigenvalue weighted by molar-refractivity contribution is 5.29. The second kappa shape index (κ2) is 4.78. The topological polar surface area (TPSA) is 61.0 Å². The molecule has 4 unspecified atom stereocenters. The molecule has 0 spiro atoms. The molecule has 0 radical (unpaired) electrons. The minimum Gasteiger partial charge on any atom is -0.374 e. The van der Waals surface area contributed by atoms with Crippen molar-refractivity contribution in [1.29, 1.82) is 0 Å². The smallest absolute Gasteiger partial charge is 0.134 e. The number of hydrogen-bond donors (Lipinski definition) is 1. The van der Waals surface area contributed by atoms with E-state index in [0.717, 1.165) is 31.6 Å². The Morgan fingerprint density at radius 1 is 1.25 bits per heavy atom. The lowest BCUT2D eigenvalue weighted by Gasteiger charge is -2.26. The monoisotopic (exact) mass is 273 g/mol. The van der Waals surface area contributed by atoms with Gasteiger partial charge in [-0.25, -0.2) is 9.97 Å². The van der Waals surface area contributed by atoms with E-state index < -0.39 is 0 Å². The van der Waals surface area contributed by atoms with Crippen LogP contribution in [0.2, 0.25) is 0 Å². The highest BCUT2D eigenvalue weighted by Crippen LogP contribution is 2.43. The second-order valence-electron chi connectivity index (χ2n) is 6.65. The Morgan fingerprint density at radius 2 is 2.15 bits per heavy atom. The van der Waals surface area contributed by atoms with Crippen molar-refractivity contribution in [1.82, 2.24) is 9.97 Å². The van der Waals surface area contributed by atoms with Gasteiger partial charge in [0.25, 0.3) is 0 Å². The van der Waals surface area contributed by atoms with Crippen LogP contribution in [-0.2, 0) is 17.6 Å². The predicted octanol–water partition coefficient (Wildman–Crippen LogP) is 1.88. The highest BCUT2D eigenvalue weighted by atomic mass is 16.5. The van der Waals surface area contributed by atoms with E-state index in [-0.39, 0.29) is 0 Å². The third kappa shape index (κ3) is 1.97. The molecule has 2 bridgehead atoms. The van der Waals surface area contributed by atoms with E-state index in [1.807, 2.05) is 0 Å². The summed E-state index contributed by atoms with van der Waals surface area (Å²) in [6.07, 6.45) is 7.67. The number of ether oxygens (including phenoxy) is 1. The van der Waals surface area contributed by atoms with Gasteiger partial charge in [0.15, 0.2) is 0 Å². The summed E-state index contributed by atoms with van der Waals surface area (Å²) in [5, 5.41) is 0. The molecule has 2 saturated heterocycles. The van der Waals surface area contributed by atoms with Crippen LogP contribution in [0.4, 0.5) is 0 Å². The minimum absolute atomic E-state index is 0.373. The normalized spacial score (nSPS) is 35.3. The summed E-state index contributed by atoms with van der Waals surface area (Å²) < 4.78 is 5.96. The second-order valence-corrected chi connectivity index (χ2v) is 6.65. The number of aryl methyl sites for hydroxylation is 2. The summed E-state index contributed by atoms with van der Waals surface area (Å²) in [5.74, 6) is 2.09. The van der Waals surface area contributed by atoms with Gasteiger partial charge in [-0.15, -0.1) is 0 Å². The molecule has 4 nitrogen and oxygen atoms in total. The Balaban J connectivity index is 1.65. The van der Waals surface area contributed by atoms with Crippen LogP contribution in [0.3, 0.4) is 0 Å². The van der Waals surface area contributed by atoms with Crippen LogP contribution in [0.25, 0.3) is 0 Å². The molecule has 0 aromatic carbocycles. The van der Waals surface area contributed by atoms with E-state index in [1.165, 1.54) is 36.2 Å². The van der Waals surface area contributed by atoms with Crippen molar-refractivity contribution in [3.63, 3.8) is 0 Å². The number of aromatic nitrogens is 2. The zero-order chi connectivity index (χ0) is 13.7. The maximum Gasteiger partial charge on any atom is 0.134 e. The van der Waals surface area contributed by atoms with Gasteiger partial charge in [0.1, 0.15) is 5.82 Å². The fraction of sp³-hybridized carbons (Fsp3) is 0.750. The Labute approximate surface area is 120 Å². The molecule has 4 heteroatoms. The lowest BCUT2D eigenvalue weighted by Crippen LogP contribution is -2.26. The van der Waals surface area contributed by atoms with E-state index in [9.17, 15) is 0 Å². The molecule has 4 rings (SSSR count). The fourth-order valence-corrected chi connectivity index (χ4v) is 4.16. The molecule has 2 fully saturated rings. The summed E-state index contributed by atoms with van der Waals surface area (Å²) in [4.78, 5) is 9.74. The molecule has 3 heterocycles. The molecule has 20 heavy (non-hydrogen) atoms. The molecule has 1 aromatic heterocycles. The first kappa shape index (κ1) is 12.7. The van der Waals surface area contributed by atoms with Gasteiger partial charge in [-0.1, -0.05) is 0 Å². The van der Waals surface area contributed by atoms with E-state index in [0.29, 0.717) is 24.0 Å². The van der Waals surface area contributed by atoms with Crippen molar-refractivity contribution < 1.29 is 4.74 Å². The summed E-state index contributed by atoms with van der Waals surface area (Å²) >= 11 is 0. The maximum atomic E-state index is 5.96. The third-order valence-corrected chi connectivity index (χ3v) is 5.37. The summed E-state index contributed by atoms with van der Waals surface area (Å²) in [5.41, 5.74) is 9.63. The average molecular weight is 273 g/mol. The molecule has 0 amide bonds. The predicted molar refractivity (Wildman–Crippen MR) is 76.6 cm³/mol. The number of nitrogens with two attached hydrogens (primary N) is 1. The van der Waals surface area contributed by atoms with Gasteiger partial charge in [0, 0.05) is 17.3 Å². The van der Waals surface area contributed by atoms with Crippen molar-refractivity contribution in [2.24, 2.45) is 11.7 Å². The first-order valence-electron chi connectivity index (χ1n) is 7.96. The summed E-state index contributed by atoms with van der Waals surface area (Å²) in [6.45, 7) is 2.91. The van der Waals surface area contributed by atoms with Crippen LogP contribution < -0.4 is 5.73 Å². The Kier molecular flexibility index (Phi) is 3.04. The van der Waals surface area contributed by atoms with Gasteiger partial charge in [-0.3, -0.25) is 0 Å². The van der Waals surface area contributed by atoms with Crippen molar-refractivity contribution in [2.75, 3.05) is 6.54 Å². The summed E-state index contributed by atoms with van der Waals surface area (Å²) in [6, 6.07) is 0. The van der Waals surface area contributed by atoms with E-state index in [2.05, 4.69) is 6.92 Å². The maximum absolute atomic E-state index is 5.96. The largest absolute Gasteiger partial charge is 0.374 e. The zero-order valence-electron chi connectivity index (χ0n) is 12.1. The van der Waals surface area contributed by atoms with Gasteiger partial charge in [0.2, 0.25) is 0 Å². The molecular formula is C16H23N3O. The average Bonchev–Trinajstić information content (AvgIpc) is 3.09. The number of rotatable bonds is 2. The number of fused-ring (bicyclic) bond motifs is 3. The molecule has 1 aromatic rings. The molecule has 2 N–H and O–H groups in total. The summed E-state index contributed by atoms with van der Waals surface area (Å²) in [7, 11) is 0. The minimum atomic E-state index is 0.373. The van der Waals surface area contributed by atoms with Crippen LogP contribution >= 0.6 is 0 Å². The first-order chi connectivity index (χ1) is 9.74. The molecule has 1 aliphatic carbocycles. The van der Waals surface area contributed by atoms with Gasteiger partial charge >= 0.3 is 0 Å². The molecule has 4 atom stereocenters. The highest BCUT2D eigenvalue weighted by Gasteiger charge is 2.43. The zero-order valence-corrected chi connectivity index (χ0v) is 12.1. The Hall–Kier alpha value is -1.00. The molecule has 2 aliphatic heterocycles. The number of nitrogens with zero attached hydrogens (tertiary/aromatic N) is 2. The van der Waals surface area contributed by atoms with Crippen LogP contribution in [0.15, 0.2) is 0 Å². The lowest BCUT2D eigenvalue weighted by molar-refractivity contribution is 0.0998. The van der Waals surface area contributed by atoms with Gasteiger partial charge in [-0.2, -0.15) is 0 Å². The van der Waals surface area contributed by atoms with Crippen molar-refractivity contribution in [3.8, 4) is 0 Å². The third-order valence-electron chi connectivity index (χ3n) is 5.37. The van der Waals surface area contributed by atoms with Crippen LogP contribution in [-0.4, -0.2) is 28.7 Å². The van der Waals surface area contributed by atoms with Crippen LogP contribution in [0, 0.1) is 12.8 Å². The van der Waals surface area contributed by atoms with Crippen molar-refractivity contribution in [2.45, 2.75) is 63.6 Å². The van der Waals surface area contributed by atoms with Crippen LogP contribution in [0.5, 0.6) is 0 Å². The lowest BCUT2D eigenvalue weighted by atomic mass is 9.84. The molecule has 108 valence electrons. The Morgan fingerprint density at radius 3 is 2.85 bits per heavy atom. The first-order valence-corrected chi connectivity index (χ1v) is 7.96. The van der Waals surface area contributed by atoms with Crippen LogP contribution in [0.1, 0.15) is 54.4 Å². The molecule has 3 aliphatic rings. The Bertz CT molecular complexity index is 531. The SMILES string of the molecule is Cc1nc(C2CC3CCC2O3)nc2c1CC(CN)CC2. The fourth-order valence-electron chi connectivity index (χ4n) is 4.16. The molecule has 0 saturated carbocycles. The van der Waals surface area contributed by atoms with Crippen molar-refractivity contribution in [3.05, 3.63) is 22.8 Å². The van der Waals surface area contributed by atoms with Gasteiger partial charge < -0.3 is 10.5 Å². The van der Waals surface area contributed by atoms with Crippen molar-refractivity contribution >= 4 is 0 Å². The van der Waals surface area contributed by atoms with E-state index in [4.69, 9.17) is 20.4 Å². The van der Waals surface area contributed by atoms with E-state index >= 15 is 0 Å². The molecular weight excluding hydrogens is 250 g/mol. The number of hydrogen-bond acceptors (Lipinski definition) is 4. The van der Waals surface area contributed by atoms with E-state index in [1.54, 1.807) is 0 Å². The quantitative estimate of drug-likeness (QED) is 0.894. The van der Waals surface area contributed by atoms with Gasteiger partial charge in [-0.05, 0) is 63.5 Å². The standard InChI is InChI=1S/C16H23N3O/c1-9-12-6-10(8-17)2-4-14(12)19-16(18-9)13-7-11-3-5-15(13)20-11/h10-11,13,15H,2-8,17H2,1H3.